The summed E-state index contributed by atoms with van der Waals surface area (Å²) in [5, 5.41) is 5.60. The highest BCUT2D eigenvalue weighted by Crippen LogP contribution is 2.17. The van der Waals surface area contributed by atoms with Gasteiger partial charge in [0.25, 0.3) is 11.8 Å². The zero-order valence-corrected chi connectivity index (χ0v) is 14.8. The minimum atomic E-state index is -0.232. The lowest BCUT2D eigenvalue weighted by Crippen LogP contribution is -2.13. The Kier molecular flexibility index (Phi) is 5.79. The van der Waals surface area contributed by atoms with Crippen molar-refractivity contribution in [2.75, 3.05) is 17.2 Å². The first-order valence-corrected chi connectivity index (χ1v) is 8.51. The summed E-state index contributed by atoms with van der Waals surface area (Å²) in [7, 11) is 0. The fraction of sp³-hybridized carbons (Fsp3) is 0.0952. The second kappa shape index (κ2) is 8.62. The predicted molar refractivity (Wildman–Crippen MR) is 104 cm³/mol. The lowest BCUT2D eigenvalue weighted by atomic mass is 10.1. The molecule has 0 bridgehead atoms. The second-order valence-corrected chi connectivity index (χ2v) is 5.68. The van der Waals surface area contributed by atoms with Crippen LogP contribution in [0.1, 0.15) is 27.6 Å². The van der Waals surface area contributed by atoms with Gasteiger partial charge in [-0.25, -0.2) is 0 Å². The summed E-state index contributed by atoms with van der Waals surface area (Å²) >= 11 is 0. The smallest absolute Gasteiger partial charge is 0.255 e. The molecule has 3 rings (SSSR count). The number of carbonyl (C=O) groups is 2. The van der Waals surface area contributed by atoms with Crippen LogP contribution in [0.25, 0.3) is 0 Å². The van der Waals surface area contributed by atoms with Gasteiger partial charge in [0.05, 0.1) is 6.61 Å². The number of carbonyl (C=O) groups excluding carboxylic acids is 2. The zero-order valence-electron chi connectivity index (χ0n) is 14.8. The van der Waals surface area contributed by atoms with Crippen LogP contribution in [0.15, 0.2) is 73.1 Å². The van der Waals surface area contributed by atoms with Crippen LogP contribution >= 0.6 is 0 Å². The Balaban J connectivity index is 1.61. The maximum Gasteiger partial charge on any atom is 0.255 e. The first-order chi connectivity index (χ1) is 13.2. The molecule has 1 heterocycles. The van der Waals surface area contributed by atoms with Crippen molar-refractivity contribution in [1.29, 1.82) is 0 Å². The van der Waals surface area contributed by atoms with E-state index in [1.807, 2.05) is 6.92 Å². The molecule has 0 saturated carbocycles. The number of hydrogen-bond acceptors (Lipinski definition) is 4. The fourth-order valence-corrected chi connectivity index (χ4v) is 2.42. The highest BCUT2D eigenvalue weighted by atomic mass is 16.5. The Hall–Kier alpha value is -3.67. The maximum atomic E-state index is 12.3. The van der Waals surface area contributed by atoms with Crippen molar-refractivity contribution < 1.29 is 14.3 Å². The van der Waals surface area contributed by atoms with Gasteiger partial charge in [0.2, 0.25) is 0 Å². The average molecular weight is 361 g/mol. The highest BCUT2D eigenvalue weighted by molar-refractivity contribution is 6.06. The molecule has 2 amide bonds. The Morgan fingerprint density at radius 3 is 1.78 bits per heavy atom. The van der Waals surface area contributed by atoms with Gasteiger partial charge in [-0.05, 0) is 67.6 Å². The Bertz CT molecular complexity index is 908. The molecule has 136 valence electrons. The van der Waals surface area contributed by atoms with Gasteiger partial charge >= 0.3 is 0 Å². The fourth-order valence-electron chi connectivity index (χ4n) is 2.42. The summed E-state index contributed by atoms with van der Waals surface area (Å²) in [4.78, 5) is 28.3. The van der Waals surface area contributed by atoms with Crippen LogP contribution in [0.4, 0.5) is 11.4 Å². The molecule has 6 heteroatoms. The van der Waals surface area contributed by atoms with Gasteiger partial charge in [-0.15, -0.1) is 0 Å². The standard InChI is InChI=1S/C21H19N3O3/c1-2-27-19-9-7-18(8-10-19)24-20(25)15-3-5-17(6-4-15)23-21(26)16-11-13-22-14-12-16/h3-14H,2H2,1H3,(H,23,26)(H,24,25). The van der Waals surface area contributed by atoms with Crippen molar-refractivity contribution in [3.63, 3.8) is 0 Å². The van der Waals surface area contributed by atoms with Crippen LogP contribution in [-0.2, 0) is 0 Å². The van der Waals surface area contributed by atoms with E-state index in [-0.39, 0.29) is 11.8 Å². The molecular formula is C21H19N3O3. The summed E-state index contributed by atoms with van der Waals surface area (Å²) in [6, 6.07) is 17.1. The number of benzene rings is 2. The molecule has 0 fully saturated rings. The minimum absolute atomic E-state index is 0.230. The molecule has 0 aliphatic heterocycles. The molecule has 0 unspecified atom stereocenters. The van der Waals surface area contributed by atoms with Crippen LogP contribution in [0, 0.1) is 0 Å². The number of ether oxygens (including phenoxy) is 1. The Morgan fingerprint density at radius 1 is 0.778 bits per heavy atom. The summed E-state index contributed by atoms with van der Waals surface area (Å²) in [5.41, 5.74) is 2.29. The van der Waals surface area contributed by atoms with Crippen LogP contribution in [-0.4, -0.2) is 23.4 Å². The summed E-state index contributed by atoms with van der Waals surface area (Å²) in [6.45, 7) is 2.51. The third kappa shape index (κ3) is 4.92. The first kappa shape index (κ1) is 18.1. The van der Waals surface area contributed by atoms with Crippen molar-refractivity contribution in [3.05, 3.63) is 84.2 Å². The van der Waals surface area contributed by atoms with Crippen molar-refractivity contribution in [3.8, 4) is 5.75 Å². The molecule has 0 aliphatic rings. The van der Waals surface area contributed by atoms with E-state index in [9.17, 15) is 9.59 Å². The quantitative estimate of drug-likeness (QED) is 0.696. The van der Waals surface area contributed by atoms with Gasteiger partial charge in [-0.3, -0.25) is 14.6 Å². The molecule has 0 spiro atoms. The zero-order chi connectivity index (χ0) is 19.1. The number of hydrogen-bond donors (Lipinski definition) is 2. The third-order valence-electron chi connectivity index (χ3n) is 3.77. The highest BCUT2D eigenvalue weighted by Gasteiger charge is 2.08. The monoisotopic (exact) mass is 361 g/mol. The number of rotatable bonds is 6. The van der Waals surface area contributed by atoms with E-state index in [4.69, 9.17) is 4.74 Å². The molecule has 0 aliphatic carbocycles. The minimum Gasteiger partial charge on any atom is -0.494 e. The largest absolute Gasteiger partial charge is 0.494 e. The number of nitrogens with one attached hydrogen (secondary N) is 2. The molecule has 3 aromatic rings. The van der Waals surface area contributed by atoms with Gasteiger partial charge in [0, 0.05) is 34.9 Å². The molecule has 0 atom stereocenters. The van der Waals surface area contributed by atoms with Crippen LogP contribution in [0.5, 0.6) is 5.75 Å². The molecule has 0 radical (unpaired) electrons. The van der Waals surface area contributed by atoms with E-state index in [1.54, 1.807) is 73.1 Å². The normalized spacial score (nSPS) is 10.1. The molecule has 2 aromatic carbocycles. The number of pyridine rings is 1. The van der Waals surface area contributed by atoms with Crippen molar-refractivity contribution in [2.24, 2.45) is 0 Å². The summed E-state index contributed by atoms with van der Waals surface area (Å²) in [6.07, 6.45) is 3.12. The first-order valence-electron chi connectivity index (χ1n) is 8.51. The van der Waals surface area contributed by atoms with Gasteiger partial charge in [-0.2, -0.15) is 0 Å². The van der Waals surface area contributed by atoms with Gasteiger partial charge in [0.15, 0.2) is 0 Å². The van der Waals surface area contributed by atoms with E-state index >= 15 is 0 Å². The topological polar surface area (TPSA) is 80.3 Å². The van der Waals surface area contributed by atoms with Crippen molar-refractivity contribution >= 4 is 23.2 Å². The number of amides is 2. The summed E-state index contributed by atoms with van der Waals surface area (Å²) in [5.74, 6) is 0.292. The van der Waals surface area contributed by atoms with E-state index in [0.717, 1.165) is 5.75 Å². The third-order valence-corrected chi connectivity index (χ3v) is 3.77. The van der Waals surface area contributed by atoms with Gasteiger partial charge in [-0.1, -0.05) is 0 Å². The molecule has 27 heavy (non-hydrogen) atoms. The molecule has 6 nitrogen and oxygen atoms in total. The van der Waals surface area contributed by atoms with E-state index in [0.29, 0.717) is 29.1 Å². The van der Waals surface area contributed by atoms with Gasteiger partial charge < -0.3 is 15.4 Å². The maximum absolute atomic E-state index is 12.3. The molecule has 0 saturated heterocycles. The lowest BCUT2D eigenvalue weighted by Gasteiger charge is -2.08. The van der Waals surface area contributed by atoms with Crippen LogP contribution < -0.4 is 15.4 Å². The number of anilines is 2. The van der Waals surface area contributed by atoms with Crippen molar-refractivity contribution in [1.82, 2.24) is 4.98 Å². The molecule has 1 aromatic heterocycles. The number of aromatic nitrogens is 1. The SMILES string of the molecule is CCOc1ccc(NC(=O)c2ccc(NC(=O)c3ccncc3)cc2)cc1. The second-order valence-electron chi connectivity index (χ2n) is 5.68. The van der Waals surface area contributed by atoms with Crippen LogP contribution in [0.2, 0.25) is 0 Å². The Morgan fingerprint density at radius 2 is 1.26 bits per heavy atom. The lowest BCUT2D eigenvalue weighted by molar-refractivity contribution is 0.102. The predicted octanol–water partition coefficient (Wildman–Crippen LogP) is 3.98. The average Bonchev–Trinajstić information content (AvgIpc) is 2.71. The van der Waals surface area contributed by atoms with E-state index < -0.39 is 0 Å². The number of nitrogens with zero attached hydrogens (tertiary/aromatic N) is 1. The van der Waals surface area contributed by atoms with E-state index in [1.165, 1.54) is 0 Å². The van der Waals surface area contributed by atoms with E-state index in [2.05, 4.69) is 15.6 Å². The Labute approximate surface area is 157 Å². The van der Waals surface area contributed by atoms with Crippen molar-refractivity contribution in [2.45, 2.75) is 6.92 Å². The molecular weight excluding hydrogens is 342 g/mol. The summed E-state index contributed by atoms with van der Waals surface area (Å²) < 4.78 is 5.38. The van der Waals surface area contributed by atoms with Crippen LogP contribution in [0.3, 0.4) is 0 Å². The van der Waals surface area contributed by atoms with Gasteiger partial charge in [0.1, 0.15) is 5.75 Å². The molecule has 2 N–H and O–H groups in total.